The van der Waals surface area contributed by atoms with Crippen molar-refractivity contribution >= 4 is 6.08 Å². The van der Waals surface area contributed by atoms with E-state index in [1.54, 1.807) is 12.1 Å². The molecule has 1 N–H and O–H groups in total. The molecule has 0 radical (unpaired) electrons. The standard InChI is InChI=1S/C10H13FN2/c1-12-8-3-2-5-9-6-4-7-10(11)13-9/h2,4-7,12H,3,8H2,1H3. The highest BCUT2D eigenvalue weighted by molar-refractivity contribution is 5.43. The SMILES string of the molecule is CNCCC=Cc1cccc(F)n1. The third-order valence-electron chi connectivity index (χ3n) is 1.59. The van der Waals surface area contributed by atoms with Crippen LogP contribution in [-0.2, 0) is 0 Å². The first-order valence-corrected chi connectivity index (χ1v) is 4.26. The van der Waals surface area contributed by atoms with E-state index in [1.165, 1.54) is 6.07 Å². The van der Waals surface area contributed by atoms with Crippen LogP contribution in [0.1, 0.15) is 12.1 Å². The second kappa shape index (κ2) is 5.43. The molecule has 0 atom stereocenters. The summed E-state index contributed by atoms with van der Waals surface area (Å²) < 4.78 is 12.6. The lowest BCUT2D eigenvalue weighted by atomic mass is 10.3. The fraction of sp³-hybridized carbons (Fsp3) is 0.300. The molecule has 13 heavy (non-hydrogen) atoms. The maximum atomic E-state index is 12.6. The zero-order chi connectivity index (χ0) is 9.52. The fourth-order valence-corrected chi connectivity index (χ4v) is 0.949. The average Bonchev–Trinajstić information content (AvgIpc) is 2.13. The van der Waals surface area contributed by atoms with Crippen molar-refractivity contribution < 1.29 is 4.39 Å². The number of nitrogens with zero attached hydrogens (tertiary/aromatic N) is 1. The average molecular weight is 180 g/mol. The molecule has 1 aromatic rings. The van der Waals surface area contributed by atoms with Gasteiger partial charge in [0.15, 0.2) is 0 Å². The molecule has 0 bridgehead atoms. The molecule has 0 amide bonds. The highest BCUT2D eigenvalue weighted by atomic mass is 19.1. The zero-order valence-corrected chi connectivity index (χ0v) is 7.63. The molecule has 0 aliphatic rings. The predicted octanol–water partition coefficient (Wildman–Crippen LogP) is 1.84. The zero-order valence-electron chi connectivity index (χ0n) is 7.63. The number of rotatable bonds is 4. The number of pyridine rings is 1. The number of hydrogen-bond donors (Lipinski definition) is 1. The van der Waals surface area contributed by atoms with Crippen LogP contribution in [0.3, 0.4) is 0 Å². The van der Waals surface area contributed by atoms with Gasteiger partial charge >= 0.3 is 0 Å². The van der Waals surface area contributed by atoms with Crippen molar-refractivity contribution in [1.82, 2.24) is 10.3 Å². The van der Waals surface area contributed by atoms with Gasteiger partial charge in [-0.25, -0.2) is 4.98 Å². The van der Waals surface area contributed by atoms with Gasteiger partial charge in [-0.3, -0.25) is 0 Å². The van der Waals surface area contributed by atoms with Crippen LogP contribution in [0, 0.1) is 5.95 Å². The van der Waals surface area contributed by atoms with Crippen LogP contribution in [0.25, 0.3) is 6.08 Å². The molecule has 3 heteroatoms. The summed E-state index contributed by atoms with van der Waals surface area (Å²) in [5.41, 5.74) is 0.663. The van der Waals surface area contributed by atoms with E-state index in [4.69, 9.17) is 0 Å². The topological polar surface area (TPSA) is 24.9 Å². The Bertz CT molecular complexity index is 284. The van der Waals surface area contributed by atoms with Crippen LogP contribution in [0.4, 0.5) is 4.39 Å². The Balaban J connectivity index is 2.48. The van der Waals surface area contributed by atoms with Crippen LogP contribution in [0.2, 0.25) is 0 Å². The Morgan fingerprint density at radius 1 is 1.54 bits per heavy atom. The van der Waals surface area contributed by atoms with Crippen molar-refractivity contribution in [3.63, 3.8) is 0 Å². The van der Waals surface area contributed by atoms with Gasteiger partial charge in [0.25, 0.3) is 0 Å². The minimum Gasteiger partial charge on any atom is -0.319 e. The molecule has 0 saturated heterocycles. The Labute approximate surface area is 77.5 Å². The van der Waals surface area contributed by atoms with Crippen molar-refractivity contribution in [3.05, 3.63) is 35.9 Å². The molecule has 0 unspecified atom stereocenters. The summed E-state index contributed by atoms with van der Waals surface area (Å²) in [7, 11) is 1.90. The quantitative estimate of drug-likeness (QED) is 0.565. The molecule has 0 aliphatic carbocycles. The van der Waals surface area contributed by atoms with Crippen molar-refractivity contribution in [2.45, 2.75) is 6.42 Å². The van der Waals surface area contributed by atoms with Gasteiger partial charge in [0, 0.05) is 0 Å². The molecule has 1 rings (SSSR count). The molecule has 1 heterocycles. The molecular weight excluding hydrogens is 167 g/mol. The summed E-state index contributed by atoms with van der Waals surface area (Å²) in [6.07, 6.45) is 4.72. The number of nitrogens with one attached hydrogen (secondary N) is 1. The summed E-state index contributed by atoms with van der Waals surface area (Å²) >= 11 is 0. The molecule has 0 saturated carbocycles. The minimum atomic E-state index is -0.434. The van der Waals surface area contributed by atoms with E-state index in [-0.39, 0.29) is 0 Å². The number of aromatic nitrogens is 1. The Hall–Kier alpha value is -1.22. The Morgan fingerprint density at radius 2 is 2.38 bits per heavy atom. The van der Waals surface area contributed by atoms with E-state index >= 15 is 0 Å². The lowest BCUT2D eigenvalue weighted by Crippen LogP contribution is -2.05. The van der Waals surface area contributed by atoms with E-state index in [1.807, 2.05) is 19.2 Å². The van der Waals surface area contributed by atoms with E-state index in [9.17, 15) is 4.39 Å². The number of halogens is 1. The van der Waals surface area contributed by atoms with Crippen molar-refractivity contribution in [1.29, 1.82) is 0 Å². The first-order valence-electron chi connectivity index (χ1n) is 4.26. The Morgan fingerprint density at radius 3 is 3.08 bits per heavy atom. The summed E-state index contributed by atoms with van der Waals surface area (Å²) in [4.78, 5) is 3.70. The molecule has 2 nitrogen and oxygen atoms in total. The summed E-state index contributed by atoms with van der Waals surface area (Å²) in [6.45, 7) is 0.922. The largest absolute Gasteiger partial charge is 0.319 e. The highest BCUT2D eigenvalue weighted by Crippen LogP contribution is 2.00. The first kappa shape index (κ1) is 9.86. The lowest BCUT2D eigenvalue weighted by Gasteiger charge is -1.93. The molecule has 0 aliphatic heterocycles. The maximum absolute atomic E-state index is 12.6. The third kappa shape index (κ3) is 3.80. The van der Waals surface area contributed by atoms with Crippen molar-refractivity contribution in [3.8, 4) is 0 Å². The van der Waals surface area contributed by atoms with Gasteiger partial charge in [0.05, 0.1) is 5.69 Å². The van der Waals surface area contributed by atoms with Gasteiger partial charge in [0.1, 0.15) is 0 Å². The Kier molecular flexibility index (Phi) is 4.12. The molecule has 0 fully saturated rings. The highest BCUT2D eigenvalue weighted by Gasteiger charge is 1.90. The second-order valence-electron chi connectivity index (χ2n) is 2.68. The molecule has 70 valence electrons. The van der Waals surface area contributed by atoms with E-state index in [0.29, 0.717) is 5.69 Å². The molecule has 0 spiro atoms. The van der Waals surface area contributed by atoms with Crippen LogP contribution >= 0.6 is 0 Å². The summed E-state index contributed by atoms with van der Waals surface area (Å²) in [5.74, 6) is -0.434. The van der Waals surface area contributed by atoms with Crippen LogP contribution in [0.15, 0.2) is 24.3 Å². The van der Waals surface area contributed by atoms with Crippen LogP contribution < -0.4 is 5.32 Å². The number of hydrogen-bond acceptors (Lipinski definition) is 2. The first-order chi connectivity index (χ1) is 6.33. The second-order valence-corrected chi connectivity index (χ2v) is 2.68. The van der Waals surface area contributed by atoms with Gasteiger partial charge in [-0.05, 0) is 38.2 Å². The van der Waals surface area contributed by atoms with Gasteiger partial charge in [-0.15, -0.1) is 0 Å². The van der Waals surface area contributed by atoms with Crippen LogP contribution in [0.5, 0.6) is 0 Å². The monoisotopic (exact) mass is 180 g/mol. The van der Waals surface area contributed by atoms with E-state index in [2.05, 4.69) is 10.3 Å². The molecular formula is C10H13FN2. The van der Waals surface area contributed by atoms with E-state index < -0.39 is 5.95 Å². The molecule has 1 aromatic heterocycles. The summed E-state index contributed by atoms with van der Waals surface area (Å²) in [6, 6.07) is 4.77. The van der Waals surface area contributed by atoms with Gasteiger partial charge in [-0.1, -0.05) is 12.1 Å². The van der Waals surface area contributed by atoms with Gasteiger partial charge < -0.3 is 5.32 Å². The lowest BCUT2D eigenvalue weighted by molar-refractivity contribution is 0.582. The van der Waals surface area contributed by atoms with Crippen LogP contribution in [-0.4, -0.2) is 18.6 Å². The fourth-order valence-electron chi connectivity index (χ4n) is 0.949. The van der Waals surface area contributed by atoms with Crippen molar-refractivity contribution in [2.24, 2.45) is 0 Å². The third-order valence-corrected chi connectivity index (χ3v) is 1.59. The maximum Gasteiger partial charge on any atom is 0.213 e. The minimum absolute atomic E-state index is 0.434. The predicted molar refractivity (Wildman–Crippen MR) is 51.8 cm³/mol. The van der Waals surface area contributed by atoms with Gasteiger partial charge in [0.2, 0.25) is 5.95 Å². The van der Waals surface area contributed by atoms with E-state index in [0.717, 1.165) is 13.0 Å². The smallest absolute Gasteiger partial charge is 0.213 e. The van der Waals surface area contributed by atoms with Crippen molar-refractivity contribution in [2.75, 3.05) is 13.6 Å². The molecule has 0 aromatic carbocycles. The normalized spacial score (nSPS) is 10.9. The summed E-state index contributed by atoms with van der Waals surface area (Å²) in [5, 5.41) is 3.02. The van der Waals surface area contributed by atoms with Gasteiger partial charge in [-0.2, -0.15) is 4.39 Å².